The van der Waals surface area contributed by atoms with Crippen molar-refractivity contribution in [3.05, 3.63) is 36.2 Å². The fraction of sp³-hybridized carbons (Fsp3) is 0.250. The molecule has 1 aromatic carbocycles. The Morgan fingerprint density at radius 1 is 1.35 bits per heavy atom. The van der Waals surface area contributed by atoms with Crippen molar-refractivity contribution in [3.8, 4) is 17.2 Å². The van der Waals surface area contributed by atoms with Crippen LogP contribution in [-0.4, -0.2) is 40.2 Å². The normalized spacial score (nSPS) is 18.5. The number of imidazole rings is 1. The maximum atomic E-state index is 13.1. The molecule has 0 radical (unpaired) electrons. The Hall–Kier alpha value is -2.59. The number of aromatic nitrogens is 3. The Balaban J connectivity index is 2.05. The van der Waals surface area contributed by atoms with E-state index in [2.05, 4.69) is 19.7 Å². The Morgan fingerprint density at radius 3 is 2.96 bits per heavy atom. The zero-order chi connectivity index (χ0) is 25.5. The maximum Gasteiger partial charge on any atom is 0.387 e. The van der Waals surface area contributed by atoms with Gasteiger partial charge >= 0.3 is 11.8 Å². The molecule has 1 N–H and O–H groups in total. The largest absolute Gasteiger partial charge is 0.609 e. The van der Waals surface area contributed by atoms with Gasteiger partial charge in [-0.25, -0.2) is 0 Å². The summed E-state index contributed by atoms with van der Waals surface area (Å²) in [4.78, 5) is 10.2. The van der Waals surface area contributed by atoms with Crippen LogP contribution in [0.25, 0.3) is 11.0 Å². The number of methoxy groups -OCH3 is 2. The molecule has 7 nitrogen and oxygen atoms in total. The van der Waals surface area contributed by atoms with Crippen LogP contribution >= 0.6 is 0 Å². The van der Waals surface area contributed by atoms with Gasteiger partial charge in [0.25, 0.3) is 0 Å². The molecular weight excluding hydrogens is 368 g/mol. The molecular formula is C16H15F2N3O4S. The molecule has 0 bridgehead atoms. The molecule has 0 aliphatic rings. The summed E-state index contributed by atoms with van der Waals surface area (Å²) >= 11 is -2.71. The molecule has 1 atom stereocenters. The third-order valence-electron chi connectivity index (χ3n) is 3.10. The van der Waals surface area contributed by atoms with Gasteiger partial charge in [0.05, 0.1) is 36.1 Å². The summed E-state index contributed by atoms with van der Waals surface area (Å²) in [6.07, 6.45) is 0.921. The van der Waals surface area contributed by atoms with Crippen molar-refractivity contribution >= 4 is 22.2 Å². The molecule has 2 aromatic heterocycles. The number of nitrogens with zero attached hydrogens (tertiary/aromatic N) is 2. The molecule has 1 unspecified atom stereocenters. The summed E-state index contributed by atoms with van der Waals surface area (Å²) in [5.74, 6) is -1.78. The number of hydrogen-bond donors (Lipinski definition) is 1. The van der Waals surface area contributed by atoms with Crippen LogP contribution in [0.5, 0.6) is 17.2 Å². The van der Waals surface area contributed by atoms with Crippen LogP contribution in [0.4, 0.5) is 8.78 Å². The molecule has 10 heteroatoms. The monoisotopic (exact) mass is 391 g/mol. The highest BCUT2D eigenvalue weighted by molar-refractivity contribution is 7.90. The van der Waals surface area contributed by atoms with Crippen molar-refractivity contribution in [1.82, 2.24) is 15.0 Å². The fourth-order valence-electron chi connectivity index (χ4n) is 2.05. The lowest BCUT2D eigenvalue weighted by Gasteiger charge is -2.12. The van der Waals surface area contributed by atoms with Crippen LogP contribution in [0.15, 0.2) is 35.6 Å². The number of alkyl halides is 2. The van der Waals surface area contributed by atoms with Crippen LogP contribution in [0, 0.1) is 0 Å². The second-order valence-corrected chi connectivity index (χ2v) is 5.79. The minimum absolute atomic E-state index is 0.101. The molecule has 26 heavy (non-hydrogen) atoms. The molecule has 2 heterocycles. The number of rotatable bonds is 7. The van der Waals surface area contributed by atoms with E-state index in [-0.39, 0.29) is 16.8 Å². The van der Waals surface area contributed by atoms with Gasteiger partial charge in [-0.15, -0.1) is 0 Å². The zero-order valence-corrected chi connectivity index (χ0v) is 13.5. The highest BCUT2D eigenvalue weighted by Crippen LogP contribution is 2.31. The Kier molecular flexibility index (Phi) is 3.14. The summed E-state index contributed by atoms with van der Waals surface area (Å²) in [5.41, 5.74) is -3.56. The topological polar surface area (TPSA) is 92.3 Å². The fourth-order valence-corrected chi connectivity index (χ4v) is 2.85. The van der Waals surface area contributed by atoms with Gasteiger partial charge in [-0.05, 0) is 12.1 Å². The summed E-state index contributed by atoms with van der Waals surface area (Å²) in [7, 11) is -6.21. The third-order valence-corrected chi connectivity index (χ3v) is 4.03. The molecule has 0 spiro atoms. The number of H-pyrrole nitrogens is 1. The average molecular weight is 391 g/mol. The van der Waals surface area contributed by atoms with Gasteiger partial charge in [-0.2, -0.15) is 13.8 Å². The Bertz CT molecular complexity index is 1180. The number of halogens is 2. The van der Waals surface area contributed by atoms with Gasteiger partial charge in [0, 0.05) is 29.5 Å². The number of ether oxygens (including phenoxy) is 3. The van der Waals surface area contributed by atoms with E-state index >= 15 is 0 Å². The molecule has 0 fully saturated rings. The number of nitrogens with one attached hydrogen (secondary N) is 1. The minimum atomic E-state index is -3.16. The number of fused-ring (bicyclic) bond motifs is 1. The SMILES string of the molecule is [2H]C([2H])([2H])Oc1ccnc(C([2H])([2H])[S+]([O-])c2nc3ccc(OC(F)F)cc3[nH]2)c1OC([2H])([2H])[2H]. The number of pyridine rings is 1. The number of hydrogen-bond acceptors (Lipinski definition) is 6. The van der Waals surface area contributed by atoms with Gasteiger partial charge in [0.15, 0.2) is 17.2 Å². The molecule has 0 saturated heterocycles. The first-order valence-corrected chi connectivity index (χ1v) is 7.96. The van der Waals surface area contributed by atoms with Crippen molar-refractivity contribution in [1.29, 1.82) is 0 Å². The van der Waals surface area contributed by atoms with Gasteiger partial charge in [0.2, 0.25) is 0 Å². The van der Waals surface area contributed by atoms with E-state index in [9.17, 15) is 13.3 Å². The van der Waals surface area contributed by atoms with E-state index in [0.717, 1.165) is 18.3 Å². The smallest absolute Gasteiger partial charge is 0.387 e. The first-order valence-electron chi connectivity index (χ1n) is 10.8. The van der Waals surface area contributed by atoms with E-state index in [4.69, 9.17) is 20.4 Å². The van der Waals surface area contributed by atoms with E-state index < -0.39 is 59.9 Å². The van der Waals surface area contributed by atoms with Gasteiger partial charge in [-0.3, -0.25) is 9.97 Å². The second-order valence-electron chi connectivity index (χ2n) is 4.66. The quantitative estimate of drug-likeness (QED) is 0.623. The number of aromatic amines is 1. The number of benzene rings is 1. The highest BCUT2D eigenvalue weighted by atomic mass is 32.2. The summed E-state index contributed by atoms with van der Waals surface area (Å²) < 4.78 is 112. The molecule has 3 aromatic rings. The van der Waals surface area contributed by atoms with Crippen LogP contribution < -0.4 is 14.2 Å². The third kappa shape index (κ3) is 3.81. The molecule has 0 aliphatic heterocycles. The lowest BCUT2D eigenvalue weighted by molar-refractivity contribution is -0.0497. The van der Waals surface area contributed by atoms with Crippen LogP contribution in [-0.2, 0) is 16.9 Å². The molecule has 3 rings (SSSR count). The van der Waals surface area contributed by atoms with E-state index in [0.29, 0.717) is 0 Å². The summed E-state index contributed by atoms with van der Waals surface area (Å²) in [6.45, 7) is -3.09. The Morgan fingerprint density at radius 2 is 2.19 bits per heavy atom. The van der Waals surface area contributed by atoms with E-state index in [1.165, 1.54) is 12.1 Å². The highest BCUT2D eigenvalue weighted by Gasteiger charge is 2.22. The molecule has 0 saturated carbocycles. The lowest BCUT2D eigenvalue weighted by Crippen LogP contribution is -2.10. The standard InChI is InChI=1S/C16H15F2N3O4S/c1-23-13-5-6-19-12(14(13)24-2)8-26(22)16-20-10-4-3-9(25-15(17)18)7-11(10)21-16/h3-7,15H,8H2,1-2H3,(H,20,21)/i1D3,2D3,8D2. The minimum Gasteiger partial charge on any atom is -0.609 e. The summed E-state index contributed by atoms with van der Waals surface area (Å²) in [6, 6.07) is 4.53. The van der Waals surface area contributed by atoms with Crippen molar-refractivity contribution in [2.75, 3.05) is 14.1 Å². The van der Waals surface area contributed by atoms with Crippen LogP contribution in [0.3, 0.4) is 0 Å². The van der Waals surface area contributed by atoms with Gasteiger partial charge in [-0.1, -0.05) is 0 Å². The first kappa shape index (κ1) is 10.5. The summed E-state index contributed by atoms with van der Waals surface area (Å²) in [5, 5.41) is -0.446. The van der Waals surface area contributed by atoms with Crippen molar-refractivity contribution in [2.24, 2.45) is 0 Å². The average Bonchev–Trinajstić information content (AvgIpc) is 3.09. The second kappa shape index (κ2) is 7.75. The van der Waals surface area contributed by atoms with Crippen molar-refractivity contribution in [3.63, 3.8) is 0 Å². The predicted octanol–water partition coefficient (Wildman–Crippen LogP) is 2.88. The molecule has 138 valence electrons. The van der Waals surface area contributed by atoms with Gasteiger partial charge in [0.1, 0.15) is 11.4 Å². The van der Waals surface area contributed by atoms with Crippen LogP contribution in [0.1, 0.15) is 16.7 Å². The molecule has 0 amide bonds. The lowest BCUT2D eigenvalue weighted by atomic mass is 10.3. The van der Waals surface area contributed by atoms with Crippen molar-refractivity contribution < 1.29 is 38.5 Å². The predicted molar refractivity (Wildman–Crippen MR) is 90.2 cm³/mol. The van der Waals surface area contributed by atoms with Gasteiger partial charge < -0.3 is 18.8 Å². The van der Waals surface area contributed by atoms with E-state index in [1.54, 1.807) is 0 Å². The molecule has 0 aliphatic carbocycles. The van der Waals surface area contributed by atoms with Crippen LogP contribution in [0.2, 0.25) is 0 Å². The van der Waals surface area contributed by atoms with Crippen molar-refractivity contribution in [2.45, 2.75) is 17.5 Å². The maximum absolute atomic E-state index is 13.1. The van der Waals surface area contributed by atoms with E-state index in [1.807, 2.05) is 0 Å². The Labute approximate surface area is 161 Å². The first-order chi connectivity index (χ1) is 15.6. The zero-order valence-electron chi connectivity index (χ0n) is 20.7.